The Morgan fingerprint density at radius 3 is 2.93 bits per heavy atom. The van der Waals surface area contributed by atoms with Crippen LogP contribution in [0.3, 0.4) is 0 Å². The molecule has 78 valence electrons. The van der Waals surface area contributed by atoms with Crippen molar-refractivity contribution >= 4 is 17.7 Å². The van der Waals surface area contributed by atoms with Gasteiger partial charge < -0.3 is 9.15 Å². The van der Waals surface area contributed by atoms with Gasteiger partial charge in [-0.15, -0.1) is 11.8 Å². The van der Waals surface area contributed by atoms with Gasteiger partial charge in [-0.3, -0.25) is 4.79 Å². The molecule has 1 heterocycles. The number of hydrogen-bond acceptors (Lipinski definition) is 4. The molecule has 3 nitrogen and oxygen atoms in total. The molecule has 1 aromatic rings. The van der Waals surface area contributed by atoms with Gasteiger partial charge in [-0.05, 0) is 26.8 Å². The number of ether oxygens (including phenoxy) is 1. The highest BCUT2D eigenvalue weighted by Gasteiger charge is 2.16. The first kappa shape index (κ1) is 11.2. The van der Waals surface area contributed by atoms with Gasteiger partial charge in [-0.1, -0.05) is 0 Å². The van der Waals surface area contributed by atoms with Crippen molar-refractivity contribution in [1.82, 2.24) is 0 Å². The van der Waals surface area contributed by atoms with Crippen LogP contribution >= 0.6 is 11.8 Å². The molecule has 0 aliphatic heterocycles. The molecule has 0 aliphatic carbocycles. The third-order valence-electron chi connectivity index (χ3n) is 1.73. The quantitative estimate of drug-likeness (QED) is 0.570. The molecule has 4 heteroatoms. The Bertz CT molecular complexity index is 306. The second-order valence-corrected chi connectivity index (χ2v) is 4.24. The number of rotatable bonds is 4. The Labute approximate surface area is 87.8 Å². The zero-order valence-corrected chi connectivity index (χ0v) is 9.39. The van der Waals surface area contributed by atoms with Crippen LogP contribution in [-0.4, -0.2) is 17.8 Å². The number of hydrogen-bond donors (Lipinski definition) is 0. The number of thioether (sulfide) groups is 1. The summed E-state index contributed by atoms with van der Waals surface area (Å²) in [4.78, 5) is 12.3. The Hall–Kier alpha value is -0.900. The van der Waals surface area contributed by atoms with Gasteiger partial charge in [0, 0.05) is 4.90 Å². The number of esters is 1. The van der Waals surface area contributed by atoms with Crippen LogP contribution < -0.4 is 0 Å². The molecular weight excluding hydrogens is 200 g/mol. The summed E-state index contributed by atoms with van der Waals surface area (Å²) < 4.78 is 10.0. The van der Waals surface area contributed by atoms with Gasteiger partial charge in [0.25, 0.3) is 0 Å². The van der Waals surface area contributed by atoms with Crippen molar-refractivity contribution in [1.29, 1.82) is 0 Å². The van der Waals surface area contributed by atoms with Crippen LogP contribution in [0.15, 0.2) is 21.6 Å². The predicted octanol–water partition coefficient (Wildman–Crippen LogP) is 2.63. The molecule has 0 aliphatic rings. The summed E-state index contributed by atoms with van der Waals surface area (Å²) in [6.07, 6.45) is 1.62. The number of carbonyl (C=O) groups excluding carboxylic acids is 1. The van der Waals surface area contributed by atoms with Crippen molar-refractivity contribution in [3.05, 3.63) is 18.1 Å². The lowest BCUT2D eigenvalue weighted by Crippen LogP contribution is -2.16. The minimum atomic E-state index is -0.189. The van der Waals surface area contributed by atoms with Crippen molar-refractivity contribution in [2.24, 2.45) is 0 Å². The van der Waals surface area contributed by atoms with Crippen LogP contribution in [-0.2, 0) is 9.53 Å². The van der Waals surface area contributed by atoms with Gasteiger partial charge in [0.1, 0.15) is 11.0 Å². The summed E-state index contributed by atoms with van der Waals surface area (Å²) >= 11 is 1.46. The Balaban J connectivity index is 2.52. The second kappa shape index (κ2) is 5.10. The molecule has 0 bridgehead atoms. The normalized spacial score (nSPS) is 12.5. The van der Waals surface area contributed by atoms with Crippen LogP contribution in [0.4, 0.5) is 0 Å². The molecule has 1 aromatic heterocycles. The van der Waals surface area contributed by atoms with Crippen molar-refractivity contribution in [3.8, 4) is 0 Å². The molecule has 0 spiro atoms. The molecule has 0 fully saturated rings. The first-order valence-electron chi connectivity index (χ1n) is 4.52. The van der Waals surface area contributed by atoms with Crippen LogP contribution in [0.25, 0.3) is 0 Å². The summed E-state index contributed by atoms with van der Waals surface area (Å²) in [7, 11) is 0. The molecule has 0 amide bonds. The van der Waals surface area contributed by atoms with Gasteiger partial charge in [0.05, 0.1) is 12.9 Å². The number of aryl methyl sites for hydroxylation is 1. The van der Waals surface area contributed by atoms with Gasteiger partial charge in [0.15, 0.2) is 0 Å². The highest BCUT2D eigenvalue weighted by Crippen LogP contribution is 2.27. The molecule has 1 rings (SSSR count). The van der Waals surface area contributed by atoms with E-state index in [4.69, 9.17) is 9.15 Å². The predicted molar refractivity (Wildman–Crippen MR) is 55.4 cm³/mol. The zero-order chi connectivity index (χ0) is 10.6. The van der Waals surface area contributed by atoms with Gasteiger partial charge >= 0.3 is 5.97 Å². The SMILES string of the molecule is CCOC(=O)C(C)Sc1ccoc1C. The Morgan fingerprint density at radius 2 is 2.43 bits per heavy atom. The molecule has 0 radical (unpaired) electrons. The van der Waals surface area contributed by atoms with Crippen molar-refractivity contribution < 1.29 is 13.9 Å². The fourth-order valence-electron chi connectivity index (χ4n) is 0.994. The summed E-state index contributed by atoms with van der Waals surface area (Å²) in [6.45, 7) is 5.93. The van der Waals surface area contributed by atoms with Crippen LogP contribution in [0.1, 0.15) is 19.6 Å². The zero-order valence-electron chi connectivity index (χ0n) is 8.57. The van der Waals surface area contributed by atoms with E-state index in [0.29, 0.717) is 6.61 Å². The van der Waals surface area contributed by atoms with Crippen LogP contribution in [0.5, 0.6) is 0 Å². The average Bonchev–Trinajstić information content (AvgIpc) is 2.52. The molecule has 0 saturated heterocycles. The lowest BCUT2D eigenvalue weighted by Gasteiger charge is -2.08. The van der Waals surface area contributed by atoms with E-state index in [1.807, 2.05) is 19.9 Å². The Kier molecular flexibility index (Phi) is 4.07. The van der Waals surface area contributed by atoms with Crippen LogP contribution in [0, 0.1) is 6.92 Å². The summed E-state index contributed by atoms with van der Waals surface area (Å²) in [6, 6.07) is 1.86. The van der Waals surface area contributed by atoms with E-state index in [0.717, 1.165) is 10.7 Å². The van der Waals surface area contributed by atoms with E-state index in [1.165, 1.54) is 11.8 Å². The standard InChI is InChI=1S/C10H14O3S/c1-4-12-10(11)8(3)14-9-5-6-13-7(9)2/h5-6,8H,4H2,1-3H3. The van der Waals surface area contributed by atoms with E-state index in [-0.39, 0.29) is 11.2 Å². The maximum Gasteiger partial charge on any atom is 0.319 e. The smallest absolute Gasteiger partial charge is 0.319 e. The first-order valence-corrected chi connectivity index (χ1v) is 5.40. The minimum absolute atomic E-state index is 0.182. The molecule has 0 N–H and O–H groups in total. The summed E-state index contributed by atoms with van der Waals surface area (Å²) in [5, 5.41) is -0.189. The molecule has 1 unspecified atom stereocenters. The van der Waals surface area contributed by atoms with Crippen molar-refractivity contribution in [2.45, 2.75) is 30.9 Å². The van der Waals surface area contributed by atoms with E-state index in [9.17, 15) is 4.79 Å². The van der Waals surface area contributed by atoms with Gasteiger partial charge in [-0.25, -0.2) is 0 Å². The fraction of sp³-hybridized carbons (Fsp3) is 0.500. The fourth-order valence-corrected chi connectivity index (χ4v) is 1.89. The van der Waals surface area contributed by atoms with E-state index in [1.54, 1.807) is 13.2 Å². The minimum Gasteiger partial charge on any atom is -0.468 e. The maximum atomic E-state index is 11.3. The lowest BCUT2D eigenvalue weighted by atomic mass is 10.5. The number of carbonyl (C=O) groups is 1. The topological polar surface area (TPSA) is 39.4 Å². The van der Waals surface area contributed by atoms with Crippen LogP contribution in [0.2, 0.25) is 0 Å². The van der Waals surface area contributed by atoms with Gasteiger partial charge in [-0.2, -0.15) is 0 Å². The molecular formula is C10H14O3S. The lowest BCUT2D eigenvalue weighted by molar-refractivity contribution is -0.142. The monoisotopic (exact) mass is 214 g/mol. The number of furan rings is 1. The Morgan fingerprint density at radius 1 is 1.71 bits per heavy atom. The third kappa shape index (κ3) is 2.80. The molecule has 1 atom stereocenters. The van der Waals surface area contributed by atoms with E-state index >= 15 is 0 Å². The maximum absolute atomic E-state index is 11.3. The highest BCUT2D eigenvalue weighted by atomic mass is 32.2. The van der Waals surface area contributed by atoms with Crippen molar-refractivity contribution in [2.75, 3.05) is 6.61 Å². The largest absolute Gasteiger partial charge is 0.468 e. The summed E-state index contributed by atoms with van der Waals surface area (Å²) in [5.41, 5.74) is 0. The third-order valence-corrected chi connectivity index (χ3v) is 2.96. The van der Waals surface area contributed by atoms with Crippen molar-refractivity contribution in [3.63, 3.8) is 0 Å². The molecule has 0 aromatic carbocycles. The average molecular weight is 214 g/mol. The van der Waals surface area contributed by atoms with E-state index in [2.05, 4.69) is 0 Å². The van der Waals surface area contributed by atoms with Gasteiger partial charge in [0.2, 0.25) is 0 Å². The second-order valence-electron chi connectivity index (χ2n) is 2.85. The highest BCUT2D eigenvalue weighted by molar-refractivity contribution is 8.00. The molecule has 14 heavy (non-hydrogen) atoms. The van der Waals surface area contributed by atoms with E-state index < -0.39 is 0 Å². The first-order chi connectivity index (χ1) is 6.65. The molecule has 0 saturated carbocycles. The summed E-state index contributed by atoms with van der Waals surface area (Å²) in [5.74, 6) is 0.657.